The summed E-state index contributed by atoms with van der Waals surface area (Å²) in [6.45, 7) is 0.508. The molecule has 3 fully saturated rings. The zero-order chi connectivity index (χ0) is 12.9. The SMILES string of the molecule is O=C1NC(=O)C(Cl)(Cl)C2OC[C@@H]3CCCC[C@@H]3N12. The molecule has 1 N–H and O–H groups in total. The Kier molecular flexibility index (Phi) is 2.95. The van der Waals surface area contributed by atoms with Crippen LogP contribution in [0.25, 0.3) is 0 Å². The molecule has 3 aliphatic rings. The summed E-state index contributed by atoms with van der Waals surface area (Å²) in [6, 6.07) is -0.374. The fourth-order valence-corrected chi connectivity index (χ4v) is 3.54. The minimum absolute atomic E-state index is 0.0717. The number of ether oxygens (including phenoxy) is 1. The van der Waals surface area contributed by atoms with Crippen LogP contribution < -0.4 is 5.32 Å². The molecule has 0 aromatic rings. The van der Waals surface area contributed by atoms with Gasteiger partial charge in [-0.05, 0) is 12.8 Å². The van der Waals surface area contributed by atoms with Gasteiger partial charge in [0.1, 0.15) is 0 Å². The fourth-order valence-electron chi connectivity index (χ4n) is 3.11. The Morgan fingerprint density at radius 3 is 2.78 bits per heavy atom. The van der Waals surface area contributed by atoms with E-state index in [-0.39, 0.29) is 6.04 Å². The Morgan fingerprint density at radius 2 is 2.00 bits per heavy atom. The first-order valence-electron chi connectivity index (χ1n) is 6.15. The number of nitrogens with one attached hydrogen (secondary N) is 1. The van der Waals surface area contributed by atoms with Crippen molar-refractivity contribution >= 4 is 35.1 Å². The van der Waals surface area contributed by atoms with E-state index in [4.69, 9.17) is 27.9 Å². The van der Waals surface area contributed by atoms with Crippen molar-refractivity contribution in [1.82, 2.24) is 10.2 Å². The summed E-state index contributed by atoms with van der Waals surface area (Å²) >= 11 is 12.1. The van der Waals surface area contributed by atoms with Gasteiger partial charge >= 0.3 is 6.03 Å². The van der Waals surface area contributed by atoms with E-state index in [1.54, 1.807) is 0 Å². The van der Waals surface area contributed by atoms with E-state index in [1.165, 1.54) is 4.90 Å². The number of hydrogen-bond donors (Lipinski definition) is 1. The largest absolute Gasteiger partial charge is 0.354 e. The Balaban J connectivity index is 1.93. The lowest BCUT2D eigenvalue weighted by Gasteiger charge is -2.52. The summed E-state index contributed by atoms with van der Waals surface area (Å²) in [4.78, 5) is 25.1. The molecule has 0 bridgehead atoms. The molecule has 100 valence electrons. The van der Waals surface area contributed by atoms with Gasteiger partial charge in [-0.2, -0.15) is 0 Å². The van der Waals surface area contributed by atoms with Gasteiger partial charge in [0.15, 0.2) is 6.23 Å². The highest BCUT2D eigenvalue weighted by Crippen LogP contribution is 2.42. The molecule has 7 heteroatoms. The second-order valence-corrected chi connectivity index (χ2v) is 6.47. The molecule has 2 aliphatic heterocycles. The van der Waals surface area contributed by atoms with Gasteiger partial charge in [0.2, 0.25) is 4.33 Å². The number of amides is 3. The number of halogens is 2. The highest BCUT2D eigenvalue weighted by Gasteiger charge is 2.57. The van der Waals surface area contributed by atoms with E-state index in [2.05, 4.69) is 5.32 Å². The van der Waals surface area contributed by atoms with Crippen molar-refractivity contribution in [2.75, 3.05) is 6.61 Å². The first-order chi connectivity index (χ1) is 8.51. The number of urea groups is 1. The topological polar surface area (TPSA) is 58.6 Å². The van der Waals surface area contributed by atoms with E-state index in [9.17, 15) is 9.59 Å². The Hall–Kier alpha value is -0.520. The molecule has 2 saturated heterocycles. The summed E-state index contributed by atoms with van der Waals surface area (Å²) in [5, 5.41) is 2.21. The van der Waals surface area contributed by atoms with Crippen molar-refractivity contribution in [3.8, 4) is 0 Å². The molecule has 0 radical (unpaired) electrons. The molecule has 0 aromatic carbocycles. The van der Waals surface area contributed by atoms with Crippen LogP contribution in [-0.2, 0) is 9.53 Å². The quantitative estimate of drug-likeness (QED) is 0.691. The second kappa shape index (κ2) is 4.25. The van der Waals surface area contributed by atoms with Gasteiger partial charge in [0.05, 0.1) is 6.61 Å². The van der Waals surface area contributed by atoms with Crippen LogP contribution in [0.15, 0.2) is 0 Å². The normalized spacial score (nSPS) is 38.8. The van der Waals surface area contributed by atoms with Crippen LogP contribution in [0.2, 0.25) is 0 Å². The average Bonchev–Trinajstić information content (AvgIpc) is 2.35. The molecular weight excluding hydrogens is 279 g/mol. The lowest BCUT2D eigenvalue weighted by Crippen LogP contribution is -2.72. The summed E-state index contributed by atoms with van der Waals surface area (Å²) in [7, 11) is 0. The Morgan fingerprint density at radius 1 is 1.28 bits per heavy atom. The third-order valence-electron chi connectivity index (χ3n) is 4.01. The second-order valence-electron chi connectivity index (χ2n) is 5.09. The summed E-state index contributed by atoms with van der Waals surface area (Å²) in [5.41, 5.74) is 0. The number of carbonyl (C=O) groups is 2. The van der Waals surface area contributed by atoms with Gasteiger partial charge < -0.3 is 4.74 Å². The third kappa shape index (κ3) is 1.72. The van der Waals surface area contributed by atoms with Crippen molar-refractivity contribution in [2.45, 2.75) is 42.3 Å². The van der Waals surface area contributed by atoms with Crippen LogP contribution in [0.4, 0.5) is 4.79 Å². The van der Waals surface area contributed by atoms with Crippen molar-refractivity contribution in [1.29, 1.82) is 0 Å². The highest BCUT2D eigenvalue weighted by atomic mass is 35.5. The monoisotopic (exact) mass is 292 g/mol. The molecule has 2 heterocycles. The first-order valence-corrected chi connectivity index (χ1v) is 6.90. The lowest BCUT2D eigenvalue weighted by atomic mass is 9.82. The molecular formula is C11H14Cl2N2O3. The first kappa shape index (κ1) is 12.5. The standard InChI is InChI=1S/C11H14Cl2N2O3/c12-11(13)8(16)14-10(17)15-7-4-2-1-3-6(7)5-18-9(11)15/h6-7,9H,1-5H2,(H,14,16,17)/t6-,7-,9?/m0/s1. The number of alkyl halides is 2. The Labute approximate surface area is 115 Å². The molecule has 0 spiro atoms. The van der Waals surface area contributed by atoms with Crippen molar-refractivity contribution in [3.05, 3.63) is 0 Å². The molecule has 5 nitrogen and oxygen atoms in total. The lowest BCUT2D eigenvalue weighted by molar-refractivity contribution is -0.161. The maximum absolute atomic E-state index is 12.0. The molecule has 0 aromatic heterocycles. The number of hydrogen-bond acceptors (Lipinski definition) is 3. The third-order valence-corrected chi connectivity index (χ3v) is 4.73. The number of rotatable bonds is 0. The number of carbonyl (C=O) groups excluding carboxylic acids is 2. The zero-order valence-corrected chi connectivity index (χ0v) is 11.2. The molecule has 3 rings (SSSR count). The van der Waals surface area contributed by atoms with Gasteiger partial charge in [-0.15, -0.1) is 0 Å². The van der Waals surface area contributed by atoms with E-state index in [1.807, 2.05) is 0 Å². The maximum Gasteiger partial charge on any atom is 0.326 e. The van der Waals surface area contributed by atoms with Crippen molar-refractivity contribution in [2.24, 2.45) is 5.92 Å². The van der Waals surface area contributed by atoms with Gasteiger partial charge in [0.25, 0.3) is 5.91 Å². The molecule has 3 amide bonds. The Bertz CT molecular complexity index is 402. The number of fused-ring (bicyclic) bond motifs is 3. The minimum atomic E-state index is -1.73. The van der Waals surface area contributed by atoms with Crippen LogP contribution in [0.3, 0.4) is 0 Å². The van der Waals surface area contributed by atoms with Crippen molar-refractivity contribution < 1.29 is 14.3 Å². The van der Waals surface area contributed by atoms with E-state index in [0.717, 1.165) is 25.7 Å². The van der Waals surface area contributed by atoms with Crippen LogP contribution in [0, 0.1) is 5.92 Å². The summed E-state index contributed by atoms with van der Waals surface area (Å²) in [6.07, 6.45) is 3.30. The van der Waals surface area contributed by atoms with E-state index < -0.39 is 22.5 Å². The van der Waals surface area contributed by atoms with E-state index >= 15 is 0 Å². The summed E-state index contributed by atoms with van der Waals surface area (Å²) in [5.74, 6) is -0.385. The molecule has 1 saturated carbocycles. The van der Waals surface area contributed by atoms with Crippen LogP contribution in [-0.4, -0.2) is 40.0 Å². The smallest absolute Gasteiger partial charge is 0.326 e. The maximum atomic E-state index is 12.0. The van der Waals surface area contributed by atoms with Gasteiger partial charge in [-0.3, -0.25) is 15.0 Å². The fraction of sp³-hybridized carbons (Fsp3) is 0.818. The van der Waals surface area contributed by atoms with Gasteiger partial charge in [-0.25, -0.2) is 4.79 Å². The van der Waals surface area contributed by atoms with Gasteiger partial charge in [0, 0.05) is 12.0 Å². The molecule has 3 atom stereocenters. The predicted octanol–water partition coefficient (Wildman–Crippen LogP) is 1.63. The number of nitrogens with zero attached hydrogens (tertiary/aromatic N) is 1. The van der Waals surface area contributed by atoms with Gasteiger partial charge in [-0.1, -0.05) is 36.0 Å². The minimum Gasteiger partial charge on any atom is -0.354 e. The average molecular weight is 293 g/mol. The van der Waals surface area contributed by atoms with E-state index in [0.29, 0.717) is 12.5 Å². The molecule has 18 heavy (non-hydrogen) atoms. The van der Waals surface area contributed by atoms with Crippen LogP contribution in [0.5, 0.6) is 0 Å². The zero-order valence-electron chi connectivity index (χ0n) is 9.70. The summed E-state index contributed by atoms with van der Waals surface area (Å²) < 4.78 is 3.86. The van der Waals surface area contributed by atoms with Crippen LogP contribution >= 0.6 is 23.2 Å². The van der Waals surface area contributed by atoms with Crippen LogP contribution in [0.1, 0.15) is 25.7 Å². The molecule has 1 unspecified atom stereocenters. The number of imide groups is 1. The molecule has 1 aliphatic carbocycles. The predicted molar refractivity (Wildman–Crippen MR) is 65.3 cm³/mol. The van der Waals surface area contributed by atoms with Crippen molar-refractivity contribution in [3.63, 3.8) is 0 Å². The highest BCUT2D eigenvalue weighted by molar-refractivity contribution is 6.59.